The Bertz CT molecular complexity index is 1310. The van der Waals surface area contributed by atoms with Gasteiger partial charge in [-0.1, -0.05) is 26.0 Å². The molecular weight excluding hydrogens is 412 g/mol. The quantitative estimate of drug-likeness (QED) is 0.462. The van der Waals surface area contributed by atoms with Crippen LogP contribution in [0.1, 0.15) is 37.8 Å². The summed E-state index contributed by atoms with van der Waals surface area (Å²) in [5, 5.41) is 0. The lowest BCUT2D eigenvalue weighted by Crippen LogP contribution is -2.29. The fourth-order valence-corrected chi connectivity index (χ4v) is 5.68. The van der Waals surface area contributed by atoms with Crippen LogP contribution in [0.3, 0.4) is 0 Å². The largest absolute Gasteiger partial charge is 0.472 e. The molecule has 31 heavy (non-hydrogen) atoms. The Morgan fingerprint density at radius 1 is 1.13 bits per heavy atom. The van der Waals surface area contributed by atoms with Crippen LogP contribution in [0.15, 0.2) is 70.5 Å². The van der Waals surface area contributed by atoms with Gasteiger partial charge < -0.3 is 8.98 Å². The molecule has 1 aromatic carbocycles. The van der Waals surface area contributed by atoms with Crippen molar-refractivity contribution in [3.05, 3.63) is 66.8 Å². The number of hydrogen-bond acceptors (Lipinski definition) is 5. The fraction of sp³-hybridized carbons (Fsp3) is 0.304. The summed E-state index contributed by atoms with van der Waals surface area (Å²) < 4.78 is 35.4. The van der Waals surface area contributed by atoms with E-state index in [0.717, 1.165) is 28.1 Å². The Balaban J connectivity index is 1.48. The standard InChI is InChI=1S/C23H24N4O3S/c1-16(2)17-5-7-20(8-6-17)31(28,29)26-12-9-19(14-26)27-22(18-10-13-30-15-18)25-21-4-3-11-24-23(21)27/h3-8,10-11,13,15-16,19H,9,12,14H2,1-2H3/t19-/m0/s1. The van der Waals surface area contributed by atoms with Crippen LogP contribution in [-0.4, -0.2) is 40.3 Å². The van der Waals surface area contributed by atoms with Crippen molar-refractivity contribution in [2.75, 3.05) is 13.1 Å². The zero-order chi connectivity index (χ0) is 21.6. The maximum atomic E-state index is 13.3. The molecule has 1 aliphatic rings. The zero-order valence-corrected chi connectivity index (χ0v) is 18.3. The first-order valence-corrected chi connectivity index (χ1v) is 11.8. The van der Waals surface area contributed by atoms with Gasteiger partial charge in [0.25, 0.3) is 0 Å². The van der Waals surface area contributed by atoms with Crippen LogP contribution in [0.4, 0.5) is 0 Å². The number of hydrogen-bond donors (Lipinski definition) is 0. The van der Waals surface area contributed by atoms with Gasteiger partial charge in [0.1, 0.15) is 17.6 Å². The number of pyridine rings is 1. The third-order valence-corrected chi connectivity index (χ3v) is 7.78. The van der Waals surface area contributed by atoms with E-state index in [4.69, 9.17) is 9.40 Å². The first-order chi connectivity index (χ1) is 14.9. The molecule has 3 aromatic heterocycles. The van der Waals surface area contributed by atoms with Gasteiger partial charge >= 0.3 is 0 Å². The van der Waals surface area contributed by atoms with E-state index < -0.39 is 10.0 Å². The molecule has 0 bridgehead atoms. The minimum atomic E-state index is -3.56. The van der Waals surface area contributed by atoms with Crippen LogP contribution >= 0.6 is 0 Å². The molecular formula is C23H24N4O3S. The predicted molar refractivity (Wildman–Crippen MR) is 118 cm³/mol. The first-order valence-electron chi connectivity index (χ1n) is 10.4. The Hall–Kier alpha value is -2.97. The first kappa shape index (κ1) is 20.0. The lowest BCUT2D eigenvalue weighted by molar-refractivity contribution is 0.455. The second-order valence-electron chi connectivity index (χ2n) is 8.19. The Kier molecular flexibility index (Phi) is 4.91. The van der Waals surface area contributed by atoms with Gasteiger partial charge in [-0.2, -0.15) is 4.31 Å². The summed E-state index contributed by atoms with van der Waals surface area (Å²) in [6.07, 6.45) is 5.69. The summed E-state index contributed by atoms with van der Waals surface area (Å²) >= 11 is 0. The summed E-state index contributed by atoms with van der Waals surface area (Å²) in [4.78, 5) is 9.61. The van der Waals surface area contributed by atoms with E-state index in [9.17, 15) is 8.42 Å². The number of aromatic nitrogens is 3. The highest BCUT2D eigenvalue weighted by Crippen LogP contribution is 2.34. The molecule has 160 valence electrons. The molecule has 5 rings (SSSR count). The number of sulfonamides is 1. The molecule has 0 spiro atoms. The van der Waals surface area contributed by atoms with Crippen LogP contribution < -0.4 is 0 Å². The van der Waals surface area contributed by atoms with Gasteiger partial charge in [0.2, 0.25) is 10.0 Å². The highest BCUT2D eigenvalue weighted by atomic mass is 32.2. The molecule has 0 unspecified atom stereocenters. The lowest BCUT2D eigenvalue weighted by atomic mass is 10.0. The second-order valence-corrected chi connectivity index (χ2v) is 10.1. The summed E-state index contributed by atoms with van der Waals surface area (Å²) in [5.74, 6) is 1.10. The van der Waals surface area contributed by atoms with Crippen LogP contribution in [0, 0.1) is 0 Å². The molecule has 4 aromatic rings. The Morgan fingerprint density at radius 2 is 1.94 bits per heavy atom. The monoisotopic (exact) mass is 436 g/mol. The van der Waals surface area contributed by atoms with Gasteiger partial charge in [0, 0.05) is 19.3 Å². The van der Waals surface area contributed by atoms with Gasteiger partial charge in [-0.3, -0.25) is 0 Å². The van der Waals surface area contributed by atoms with Crippen molar-refractivity contribution in [1.29, 1.82) is 0 Å². The molecule has 7 nitrogen and oxygen atoms in total. The number of furan rings is 1. The molecule has 1 fully saturated rings. The zero-order valence-electron chi connectivity index (χ0n) is 17.5. The molecule has 0 N–H and O–H groups in total. The van der Waals surface area contributed by atoms with Crippen molar-refractivity contribution in [3.8, 4) is 11.4 Å². The minimum Gasteiger partial charge on any atom is -0.472 e. The molecule has 1 aliphatic heterocycles. The summed E-state index contributed by atoms with van der Waals surface area (Å²) in [6, 6.07) is 12.8. The highest BCUT2D eigenvalue weighted by Gasteiger charge is 2.35. The SMILES string of the molecule is CC(C)c1ccc(S(=O)(=O)N2CC[C@H](n3c(-c4ccoc4)nc4cccnc43)C2)cc1. The minimum absolute atomic E-state index is 0.0606. The summed E-state index contributed by atoms with van der Waals surface area (Å²) in [6.45, 7) is 5.02. The third kappa shape index (κ3) is 3.45. The predicted octanol–water partition coefficient (Wildman–Crippen LogP) is 4.45. The number of fused-ring (bicyclic) bond motifs is 1. The smallest absolute Gasteiger partial charge is 0.243 e. The van der Waals surface area contributed by atoms with E-state index in [-0.39, 0.29) is 6.04 Å². The van der Waals surface area contributed by atoms with E-state index >= 15 is 0 Å². The molecule has 0 saturated carbocycles. The highest BCUT2D eigenvalue weighted by molar-refractivity contribution is 7.89. The van der Waals surface area contributed by atoms with E-state index in [1.807, 2.05) is 30.3 Å². The lowest BCUT2D eigenvalue weighted by Gasteiger charge is -2.19. The van der Waals surface area contributed by atoms with Crippen molar-refractivity contribution in [2.45, 2.75) is 37.1 Å². The molecule has 1 saturated heterocycles. The normalized spacial score (nSPS) is 17.7. The van der Waals surface area contributed by atoms with Crippen molar-refractivity contribution in [3.63, 3.8) is 0 Å². The topological polar surface area (TPSA) is 81.2 Å². The second kappa shape index (κ2) is 7.62. The number of nitrogens with zero attached hydrogens (tertiary/aromatic N) is 4. The molecule has 1 atom stereocenters. The van der Waals surface area contributed by atoms with Crippen LogP contribution in [0.5, 0.6) is 0 Å². The van der Waals surface area contributed by atoms with Crippen molar-refractivity contribution >= 4 is 21.2 Å². The molecule has 0 radical (unpaired) electrons. The van der Waals surface area contributed by atoms with Gasteiger partial charge in [0.05, 0.1) is 22.8 Å². The molecule has 0 amide bonds. The Labute approximate surface area is 181 Å². The number of rotatable bonds is 5. The maximum absolute atomic E-state index is 13.3. The third-order valence-electron chi connectivity index (χ3n) is 5.90. The summed E-state index contributed by atoms with van der Waals surface area (Å²) in [5.41, 5.74) is 3.51. The molecule has 0 aliphatic carbocycles. The Morgan fingerprint density at radius 3 is 2.65 bits per heavy atom. The van der Waals surface area contributed by atoms with Crippen molar-refractivity contribution < 1.29 is 12.8 Å². The van der Waals surface area contributed by atoms with Crippen molar-refractivity contribution in [1.82, 2.24) is 18.8 Å². The fourth-order valence-electron chi connectivity index (χ4n) is 4.18. The van der Waals surface area contributed by atoms with Crippen LogP contribution in [0.25, 0.3) is 22.6 Å². The average molecular weight is 437 g/mol. The average Bonchev–Trinajstić information content (AvgIpc) is 3.52. The van der Waals surface area contributed by atoms with E-state index in [0.29, 0.717) is 30.3 Å². The van der Waals surface area contributed by atoms with Crippen molar-refractivity contribution in [2.24, 2.45) is 0 Å². The maximum Gasteiger partial charge on any atom is 0.243 e. The number of benzene rings is 1. The summed E-state index contributed by atoms with van der Waals surface area (Å²) in [7, 11) is -3.56. The van der Waals surface area contributed by atoms with Gasteiger partial charge in [-0.05, 0) is 48.2 Å². The van der Waals surface area contributed by atoms with E-state index in [2.05, 4.69) is 23.4 Å². The van der Waals surface area contributed by atoms with Gasteiger partial charge in [0.15, 0.2) is 5.65 Å². The van der Waals surface area contributed by atoms with Crippen LogP contribution in [-0.2, 0) is 10.0 Å². The molecule has 4 heterocycles. The number of imidazole rings is 1. The van der Waals surface area contributed by atoms with E-state index in [1.165, 1.54) is 0 Å². The van der Waals surface area contributed by atoms with Crippen LogP contribution in [0.2, 0.25) is 0 Å². The van der Waals surface area contributed by atoms with Gasteiger partial charge in [-0.15, -0.1) is 0 Å². The van der Waals surface area contributed by atoms with Gasteiger partial charge in [-0.25, -0.2) is 18.4 Å². The molecule has 8 heteroatoms. The van der Waals surface area contributed by atoms with E-state index in [1.54, 1.807) is 35.2 Å².